The van der Waals surface area contributed by atoms with Gasteiger partial charge >= 0.3 is 19.8 Å². The van der Waals surface area contributed by atoms with Crippen LogP contribution in [-0.2, 0) is 32.7 Å². The highest BCUT2D eigenvalue weighted by molar-refractivity contribution is 7.47. The first kappa shape index (κ1) is 86.7. The molecule has 0 aromatic heterocycles. The van der Waals surface area contributed by atoms with Gasteiger partial charge < -0.3 is 18.9 Å². The molecule has 1 N–H and O–H groups in total. The Morgan fingerprint density at radius 3 is 0.889 bits per heavy atom. The average molecular weight is 1280 g/mol. The summed E-state index contributed by atoms with van der Waals surface area (Å²) in [5, 5.41) is 0. The first-order valence-electron chi connectivity index (χ1n) is 37.6. The van der Waals surface area contributed by atoms with Gasteiger partial charge in [-0.1, -0.05) is 335 Å². The lowest BCUT2D eigenvalue weighted by molar-refractivity contribution is -0.870. The first-order valence-corrected chi connectivity index (χ1v) is 39.1. The maximum atomic E-state index is 12.9. The number of likely N-dealkylation sites (N-methyl/N-ethyl adjacent to an activating group) is 1. The molecule has 0 rings (SSSR count). The Kier molecular flexibility index (Phi) is 67.4. The standard InChI is InChI=1S/C80H142NO8P/c1-6-8-10-12-14-16-18-20-22-24-26-28-30-32-33-34-35-36-37-38-39-40-41-42-43-44-45-46-47-49-50-52-54-56-58-60-62-64-66-68-70-72-79(82)86-76-78(77-88-90(84,85)87-75-74-81(3,4)5)89-80(83)73-71-69-67-65-63-61-59-57-55-53-51-48-31-29-27-25-23-21-19-17-15-13-11-9-7-2/h8-11,14-17,20-23,26-29,48,51,78H,6-7,12-13,18-19,24-25,30-47,49-50,52-77H2,1-5H3/p+1/b10-8-,11-9-,16-14-,17-15-,22-20-,23-21-,28-26-,29-27-,51-48-. The summed E-state index contributed by atoms with van der Waals surface area (Å²) in [5.74, 6) is -0.795. The zero-order valence-electron chi connectivity index (χ0n) is 59.4. The Balaban J connectivity index is 3.92. The van der Waals surface area contributed by atoms with Crippen molar-refractivity contribution in [3.8, 4) is 0 Å². The number of nitrogens with zero attached hydrogens (tertiary/aromatic N) is 1. The molecule has 9 nitrogen and oxygen atoms in total. The summed E-state index contributed by atoms with van der Waals surface area (Å²) >= 11 is 0. The van der Waals surface area contributed by atoms with Crippen LogP contribution in [0.4, 0.5) is 0 Å². The van der Waals surface area contributed by atoms with Crippen LogP contribution in [0.15, 0.2) is 109 Å². The van der Waals surface area contributed by atoms with E-state index in [4.69, 9.17) is 18.5 Å². The van der Waals surface area contributed by atoms with Crippen LogP contribution in [0.3, 0.4) is 0 Å². The van der Waals surface area contributed by atoms with E-state index in [0.717, 1.165) is 103 Å². The SMILES string of the molecule is CC/C=C\C/C=C\C/C=C\C/C=C\C/C=C\CCCCCCCCCCCC(=O)OC(COC(=O)CCCCCCCCCCCCCCCCCCCCCCCCCCCCCC/C=C\C/C=C\C/C=C\C/C=C\CC)COP(=O)(O)OCC[N+](C)(C)C. The van der Waals surface area contributed by atoms with Crippen molar-refractivity contribution in [1.82, 2.24) is 0 Å². The predicted octanol–water partition coefficient (Wildman–Crippen LogP) is 24.8. The molecule has 0 saturated heterocycles. The van der Waals surface area contributed by atoms with Gasteiger partial charge in [0.25, 0.3) is 0 Å². The van der Waals surface area contributed by atoms with Gasteiger partial charge in [0, 0.05) is 12.8 Å². The number of carbonyl (C=O) groups is 2. The van der Waals surface area contributed by atoms with E-state index in [2.05, 4.69) is 123 Å². The lowest BCUT2D eigenvalue weighted by Crippen LogP contribution is -2.37. The van der Waals surface area contributed by atoms with E-state index in [-0.39, 0.29) is 32.0 Å². The van der Waals surface area contributed by atoms with Gasteiger partial charge in [-0.25, -0.2) is 4.57 Å². The van der Waals surface area contributed by atoms with Gasteiger partial charge in [0.15, 0.2) is 6.10 Å². The van der Waals surface area contributed by atoms with Crippen LogP contribution in [0.25, 0.3) is 0 Å². The normalized spacial score (nSPS) is 13.7. The molecular formula is C80H143NO8P+. The van der Waals surface area contributed by atoms with Crippen LogP contribution in [0.1, 0.15) is 335 Å². The minimum absolute atomic E-state index is 0.0281. The smallest absolute Gasteiger partial charge is 0.462 e. The second-order valence-corrected chi connectivity index (χ2v) is 27.7. The maximum absolute atomic E-state index is 12.9. The quantitative estimate of drug-likeness (QED) is 0.0211. The summed E-state index contributed by atoms with van der Waals surface area (Å²) in [6.45, 7) is 4.23. The number of rotatable bonds is 69. The van der Waals surface area contributed by atoms with Crippen molar-refractivity contribution in [2.45, 2.75) is 341 Å². The molecular weight excluding hydrogens is 1130 g/mol. The van der Waals surface area contributed by atoms with E-state index in [1.165, 1.54) is 199 Å². The number of quaternary nitrogens is 1. The molecule has 0 spiro atoms. The Hall–Kier alpha value is -3.33. The summed E-state index contributed by atoms with van der Waals surface area (Å²) in [7, 11) is 1.48. The highest BCUT2D eigenvalue weighted by Crippen LogP contribution is 2.43. The molecule has 0 heterocycles. The van der Waals surface area contributed by atoms with Gasteiger partial charge in [-0.3, -0.25) is 18.6 Å². The second-order valence-electron chi connectivity index (χ2n) is 26.3. The summed E-state index contributed by atoms with van der Waals surface area (Å²) in [6, 6.07) is 0. The summed E-state index contributed by atoms with van der Waals surface area (Å²) in [5.41, 5.74) is 0. The third-order valence-electron chi connectivity index (χ3n) is 16.3. The van der Waals surface area contributed by atoms with Crippen molar-refractivity contribution in [1.29, 1.82) is 0 Å². The summed E-state index contributed by atoms with van der Waals surface area (Å²) in [6.07, 6.45) is 99.4. The molecule has 0 bridgehead atoms. The summed E-state index contributed by atoms with van der Waals surface area (Å²) in [4.78, 5) is 35.9. The van der Waals surface area contributed by atoms with Crippen LogP contribution in [-0.4, -0.2) is 74.9 Å². The molecule has 0 amide bonds. The Morgan fingerprint density at radius 1 is 0.344 bits per heavy atom. The fourth-order valence-electron chi connectivity index (χ4n) is 10.6. The molecule has 2 unspecified atom stereocenters. The monoisotopic (exact) mass is 1280 g/mol. The number of carbonyl (C=O) groups excluding carboxylic acids is 2. The number of hydrogen-bond acceptors (Lipinski definition) is 7. The van der Waals surface area contributed by atoms with Crippen LogP contribution >= 0.6 is 7.82 Å². The van der Waals surface area contributed by atoms with Crippen LogP contribution in [0.5, 0.6) is 0 Å². The molecule has 90 heavy (non-hydrogen) atoms. The summed E-state index contributed by atoms with van der Waals surface area (Å²) < 4.78 is 34.8. The Morgan fingerprint density at radius 2 is 0.600 bits per heavy atom. The third kappa shape index (κ3) is 73.7. The predicted molar refractivity (Wildman–Crippen MR) is 390 cm³/mol. The second kappa shape index (κ2) is 70.0. The molecule has 0 aliphatic rings. The van der Waals surface area contributed by atoms with Gasteiger partial charge in [0.1, 0.15) is 19.8 Å². The lowest BCUT2D eigenvalue weighted by atomic mass is 10.0. The zero-order chi connectivity index (χ0) is 65.5. The first-order chi connectivity index (χ1) is 44.0. The third-order valence-corrected chi connectivity index (χ3v) is 17.3. The topological polar surface area (TPSA) is 108 Å². The minimum Gasteiger partial charge on any atom is -0.462 e. The molecule has 0 fully saturated rings. The van der Waals surface area contributed by atoms with Crippen molar-refractivity contribution in [2.75, 3.05) is 47.5 Å². The van der Waals surface area contributed by atoms with Crippen LogP contribution < -0.4 is 0 Å². The molecule has 0 saturated carbocycles. The number of ether oxygens (including phenoxy) is 2. The van der Waals surface area contributed by atoms with Gasteiger partial charge in [-0.05, 0) is 96.3 Å². The number of allylic oxidation sites excluding steroid dienone is 18. The molecule has 0 aromatic rings. The van der Waals surface area contributed by atoms with Crippen molar-refractivity contribution < 1.29 is 42.1 Å². The van der Waals surface area contributed by atoms with E-state index in [0.29, 0.717) is 17.4 Å². The number of unbranched alkanes of at least 4 members (excludes halogenated alkanes) is 37. The van der Waals surface area contributed by atoms with Crippen molar-refractivity contribution >= 4 is 19.8 Å². The molecule has 520 valence electrons. The van der Waals surface area contributed by atoms with Crippen LogP contribution in [0.2, 0.25) is 0 Å². The maximum Gasteiger partial charge on any atom is 0.472 e. The number of phosphoric ester groups is 1. The lowest BCUT2D eigenvalue weighted by Gasteiger charge is -2.24. The highest BCUT2D eigenvalue weighted by atomic mass is 31.2. The Labute approximate surface area is 556 Å². The molecule has 0 radical (unpaired) electrons. The average Bonchev–Trinajstić information content (AvgIpc) is 3.58. The number of esters is 2. The fourth-order valence-corrected chi connectivity index (χ4v) is 11.4. The van der Waals surface area contributed by atoms with Crippen molar-refractivity contribution in [2.24, 2.45) is 0 Å². The molecule has 0 aliphatic carbocycles. The Bertz CT molecular complexity index is 1890. The van der Waals surface area contributed by atoms with Gasteiger partial charge in [0.2, 0.25) is 0 Å². The van der Waals surface area contributed by atoms with E-state index < -0.39 is 26.5 Å². The largest absolute Gasteiger partial charge is 0.472 e. The molecule has 10 heteroatoms. The van der Waals surface area contributed by atoms with Gasteiger partial charge in [-0.15, -0.1) is 0 Å². The highest BCUT2D eigenvalue weighted by Gasteiger charge is 2.27. The number of hydrogen-bond donors (Lipinski definition) is 1. The van der Waals surface area contributed by atoms with Crippen molar-refractivity contribution in [3.63, 3.8) is 0 Å². The zero-order valence-corrected chi connectivity index (χ0v) is 60.2. The molecule has 0 aliphatic heterocycles. The van der Waals surface area contributed by atoms with E-state index in [1.54, 1.807) is 0 Å². The van der Waals surface area contributed by atoms with Crippen molar-refractivity contribution in [3.05, 3.63) is 109 Å². The van der Waals surface area contributed by atoms with E-state index in [1.807, 2.05) is 21.1 Å². The van der Waals surface area contributed by atoms with Gasteiger partial charge in [-0.2, -0.15) is 0 Å². The van der Waals surface area contributed by atoms with E-state index in [9.17, 15) is 19.0 Å². The van der Waals surface area contributed by atoms with Gasteiger partial charge in [0.05, 0.1) is 27.7 Å². The number of phosphoric acid groups is 1. The van der Waals surface area contributed by atoms with E-state index >= 15 is 0 Å². The molecule has 0 aromatic carbocycles. The fraction of sp³-hybridized carbons (Fsp3) is 0.750. The minimum atomic E-state index is -4.40. The van der Waals surface area contributed by atoms with Crippen LogP contribution in [0, 0.1) is 0 Å². The molecule has 2 atom stereocenters.